The number of halogens is 1. The molecule has 1 aromatic rings. The molecule has 0 aliphatic heterocycles. The lowest BCUT2D eigenvalue weighted by Gasteiger charge is -2.03. The monoisotopic (exact) mass is 184 g/mol. The summed E-state index contributed by atoms with van der Waals surface area (Å²) >= 11 is 0. The van der Waals surface area contributed by atoms with Gasteiger partial charge in [0.15, 0.2) is 0 Å². The standard InChI is InChI=1S/C9H9FO3/c10-4-3-6-5-7(11)1-2-8(6)9(12)13/h1-2,5,11H,3-4H2,(H,12,13). The molecule has 0 fully saturated rings. The van der Waals surface area contributed by atoms with E-state index in [1.165, 1.54) is 18.2 Å². The number of carbonyl (C=O) groups is 1. The van der Waals surface area contributed by atoms with Gasteiger partial charge < -0.3 is 10.2 Å². The number of rotatable bonds is 3. The third-order valence-corrected chi connectivity index (χ3v) is 1.68. The molecule has 1 rings (SSSR count). The summed E-state index contributed by atoms with van der Waals surface area (Å²) in [5.41, 5.74) is 0.352. The maximum absolute atomic E-state index is 12.0. The van der Waals surface area contributed by atoms with Crippen molar-refractivity contribution in [3.8, 4) is 5.75 Å². The molecule has 0 atom stereocenters. The first kappa shape index (κ1) is 9.51. The van der Waals surface area contributed by atoms with Gasteiger partial charge in [0.2, 0.25) is 0 Å². The zero-order valence-corrected chi connectivity index (χ0v) is 6.83. The first-order valence-electron chi connectivity index (χ1n) is 3.76. The second-order valence-electron chi connectivity index (χ2n) is 2.59. The van der Waals surface area contributed by atoms with Crippen LogP contribution in [0.1, 0.15) is 15.9 Å². The molecule has 1 aromatic carbocycles. The molecule has 0 unspecified atom stereocenters. The van der Waals surface area contributed by atoms with Crippen molar-refractivity contribution in [1.29, 1.82) is 0 Å². The molecule has 0 saturated heterocycles. The van der Waals surface area contributed by atoms with Crippen LogP contribution in [-0.2, 0) is 6.42 Å². The highest BCUT2D eigenvalue weighted by atomic mass is 19.1. The molecule has 0 radical (unpaired) electrons. The van der Waals surface area contributed by atoms with Crippen molar-refractivity contribution >= 4 is 5.97 Å². The molecule has 2 N–H and O–H groups in total. The van der Waals surface area contributed by atoms with Crippen LogP contribution in [0.5, 0.6) is 5.75 Å². The largest absolute Gasteiger partial charge is 0.508 e. The fourth-order valence-electron chi connectivity index (χ4n) is 1.10. The fraction of sp³-hybridized carbons (Fsp3) is 0.222. The van der Waals surface area contributed by atoms with Gasteiger partial charge in [-0.15, -0.1) is 0 Å². The van der Waals surface area contributed by atoms with Crippen LogP contribution >= 0.6 is 0 Å². The molecular weight excluding hydrogens is 175 g/mol. The van der Waals surface area contributed by atoms with E-state index in [2.05, 4.69) is 0 Å². The number of phenols is 1. The fourth-order valence-corrected chi connectivity index (χ4v) is 1.10. The van der Waals surface area contributed by atoms with Gasteiger partial charge >= 0.3 is 5.97 Å². The van der Waals surface area contributed by atoms with Gasteiger partial charge in [0.1, 0.15) is 5.75 Å². The van der Waals surface area contributed by atoms with Crippen LogP contribution in [0.2, 0.25) is 0 Å². The number of aromatic hydroxyl groups is 1. The summed E-state index contributed by atoms with van der Waals surface area (Å²) in [5.74, 6) is -1.16. The summed E-state index contributed by atoms with van der Waals surface area (Å²) in [6.07, 6.45) is 0.00995. The minimum absolute atomic E-state index is 0.00995. The molecular formula is C9H9FO3. The quantitative estimate of drug-likeness (QED) is 0.750. The van der Waals surface area contributed by atoms with Gasteiger partial charge in [0.25, 0.3) is 0 Å². The highest BCUT2D eigenvalue weighted by Crippen LogP contribution is 2.17. The lowest BCUT2D eigenvalue weighted by atomic mass is 10.0. The first-order valence-corrected chi connectivity index (χ1v) is 3.76. The van der Waals surface area contributed by atoms with E-state index in [0.717, 1.165) is 0 Å². The molecule has 0 amide bonds. The van der Waals surface area contributed by atoms with E-state index >= 15 is 0 Å². The molecule has 0 aliphatic rings. The molecule has 4 heteroatoms. The summed E-state index contributed by atoms with van der Waals surface area (Å²) in [4.78, 5) is 10.6. The molecule has 0 aromatic heterocycles. The van der Waals surface area contributed by atoms with Gasteiger partial charge in [-0.2, -0.15) is 0 Å². The van der Waals surface area contributed by atoms with Crippen LogP contribution in [0, 0.1) is 0 Å². The second-order valence-corrected chi connectivity index (χ2v) is 2.59. The number of hydrogen-bond acceptors (Lipinski definition) is 2. The Kier molecular flexibility index (Phi) is 2.84. The van der Waals surface area contributed by atoms with Crippen molar-refractivity contribution in [2.24, 2.45) is 0 Å². The van der Waals surface area contributed by atoms with E-state index < -0.39 is 12.6 Å². The van der Waals surface area contributed by atoms with Crippen LogP contribution in [0.25, 0.3) is 0 Å². The second kappa shape index (κ2) is 3.89. The summed E-state index contributed by atoms with van der Waals surface area (Å²) in [6.45, 7) is -0.635. The maximum Gasteiger partial charge on any atom is 0.335 e. The lowest BCUT2D eigenvalue weighted by molar-refractivity contribution is 0.0695. The summed E-state index contributed by atoms with van der Waals surface area (Å²) < 4.78 is 12.0. The van der Waals surface area contributed by atoms with E-state index in [1.807, 2.05) is 0 Å². The Labute approximate surface area is 74.4 Å². The van der Waals surface area contributed by atoms with Crippen molar-refractivity contribution in [3.63, 3.8) is 0 Å². The average molecular weight is 184 g/mol. The summed E-state index contributed by atoms with van der Waals surface area (Å²) in [6, 6.07) is 3.80. The van der Waals surface area contributed by atoms with Crippen LogP contribution in [0.3, 0.4) is 0 Å². The molecule has 0 aliphatic carbocycles. The number of carboxylic acids is 1. The number of alkyl halides is 1. The Hall–Kier alpha value is -1.58. The van der Waals surface area contributed by atoms with Gasteiger partial charge in [-0.1, -0.05) is 0 Å². The predicted octanol–water partition coefficient (Wildman–Crippen LogP) is 1.60. The maximum atomic E-state index is 12.0. The van der Waals surface area contributed by atoms with Gasteiger partial charge in [-0.05, 0) is 23.8 Å². The van der Waals surface area contributed by atoms with Crippen LogP contribution in [-0.4, -0.2) is 22.9 Å². The topological polar surface area (TPSA) is 57.5 Å². The third-order valence-electron chi connectivity index (χ3n) is 1.68. The number of phenolic OH excluding ortho intramolecular Hbond substituents is 1. The molecule has 3 nitrogen and oxygen atoms in total. The lowest BCUT2D eigenvalue weighted by Crippen LogP contribution is -2.02. The zero-order valence-electron chi connectivity index (χ0n) is 6.83. The van der Waals surface area contributed by atoms with E-state index in [4.69, 9.17) is 10.2 Å². The number of benzene rings is 1. The predicted molar refractivity (Wildman–Crippen MR) is 44.7 cm³/mol. The minimum atomic E-state index is -1.11. The highest BCUT2D eigenvalue weighted by Gasteiger charge is 2.09. The normalized spacial score (nSPS) is 9.92. The smallest absolute Gasteiger partial charge is 0.335 e. The average Bonchev–Trinajstić information content (AvgIpc) is 2.04. The summed E-state index contributed by atoms with van der Waals surface area (Å²) in [7, 11) is 0. The summed E-state index contributed by atoms with van der Waals surface area (Å²) in [5, 5.41) is 17.7. The molecule has 0 spiro atoms. The minimum Gasteiger partial charge on any atom is -0.508 e. The number of hydrogen-bond donors (Lipinski definition) is 2. The zero-order chi connectivity index (χ0) is 9.84. The van der Waals surface area contributed by atoms with Crippen molar-refractivity contribution in [3.05, 3.63) is 29.3 Å². The van der Waals surface area contributed by atoms with Crippen molar-refractivity contribution in [1.82, 2.24) is 0 Å². The Balaban J connectivity index is 3.10. The SMILES string of the molecule is O=C(O)c1ccc(O)cc1CCF. The van der Waals surface area contributed by atoms with E-state index in [0.29, 0.717) is 5.56 Å². The van der Waals surface area contributed by atoms with Crippen LogP contribution in [0.15, 0.2) is 18.2 Å². The Morgan fingerprint density at radius 3 is 2.69 bits per heavy atom. The van der Waals surface area contributed by atoms with Crippen LogP contribution < -0.4 is 0 Å². The number of aryl methyl sites for hydroxylation is 1. The molecule has 13 heavy (non-hydrogen) atoms. The molecule has 70 valence electrons. The Morgan fingerprint density at radius 1 is 1.46 bits per heavy atom. The van der Waals surface area contributed by atoms with Gasteiger partial charge in [0.05, 0.1) is 12.2 Å². The molecule has 0 saturated carbocycles. The Bertz CT molecular complexity index is 323. The van der Waals surface area contributed by atoms with Gasteiger partial charge in [0, 0.05) is 6.42 Å². The van der Waals surface area contributed by atoms with Crippen molar-refractivity contribution in [2.45, 2.75) is 6.42 Å². The molecule has 0 bridgehead atoms. The van der Waals surface area contributed by atoms with E-state index in [1.54, 1.807) is 0 Å². The highest BCUT2D eigenvalue weighted by molar-refractivity contribution is 5.89. The first-order chi connectivity index (χ1) is 6.15. The third kappa shape index (κ3) is 2.18. The number of aromatic carboxylic acids is 1. The number of carboxylic acid groups (broad SMARTS) is 1. The van der Waals surface area contributed by atoms with Crippen molar-refractivity contribution < 1.29 is 19.4 Å². The van der Waals surface area contributed by atoms with E-state index in [-0.39, 0.29) is 17.7 Å². The van der Waals surface area contributed by atoms with Gasteiger partial charge in [-0.25, -0.2) is 4.79 Å². The molecule has 0 heterocycles. The van der Waals surface area contributed by atoms with Gasteiger partial charge in [-0.3, -0.25) is 4.39 Å². The van der Waals surface area contributed by atoms with Crippen LogP contribution in [0.4, 0.5) is 4.39 Å². The van der Waals surface area contributed by atoms with Crippen molar-refractivity contribution in [2.75, 3.05) is 6.67 Å². The van der Waals surface area contributed by atoms with E-state index in [9.17, 15) is 9.18 Å². The Morgan fingerprint density at radius 2 is 2.15 bits per heavy atom.